The monoisotopic (exact) mass is 217 g/mol. The van der Waals surface area contributed by atoms with E-state index in [1.807, 2.05) is 0 Å². The van der Waals surface area contributed by atoms with Gasteiger partial charge in [-0.05, 0) is 13.0 Å². The SMILES string of the molecule is CC(=O)n1c(C)c(C(=O)O)c2ccccc21. The number of benzene rings is 1. The molecule has 0 saturated heterocycles. The number of nitrogens with zero attached hydrogens (tertiary/aromatic N) is 1. The number of fused-ring (bicyclic) bond motifs is 1. The van der Waals surface area contributed by atoms with Crippen LogP contribution in [0, 0.1) is 6.92 Å². The minimum Gasteiger partial charge on any atom is -0.478 e. The van der Waals surface area contributed by atoms with Gasteiger partial charge in [-0.2, -0.15) is 0 Å². The number of carboxylic acid groups (broad SMARTS) is 1. The van der Waals surface area contributed by atoms with Crippen LogP contribution in [-0.2, 0) is 0 Å². The van der Waals surface area contributed by atoms with Crippen LogP contribution in [0.5, 0.6) is 0 Å². The molecule has 4 heteroatoms. The summed E-state index contributed by atoms with van der Waals surface area (Å²) in [5, 5.41) is 9.73. The molecule has 82 valence electrons. The quantitative estimate of drug-likeness (QED) is 0.797. The highest BCUT2D eigenvalue weighted by molar-refractivity contribution is 6.08. The van der Waals surface area contributed by atoms with Crippen molar-refractivity contribution in [1.82, 2.24) is 4.57 Å². The molecule has 0 amide bonds. The van der Waals surface area contributed by atoms with Crippen LogP contribution in [0.3, 0.4) is 0 Å². The number of carboxylic acids is 1. The molecule has 0 radical (unpaired) electrons. The molecule has 0 fully saturated rings. The second kappa shape index (κ2) is 3.48. The molecule has 0 unspecified atom stereocenters. The van der Waals surface area contributed by atoms with Crippen LogP contribution in [0.2, 0.25) is 0 Å². The predicted molar refractivity (Wildman–Crippen MR) is 59.9 cm³/mol. The average molecular weight is 217 g/mol. The lowest BCUT2D eigenvalue weighted by Crippen LogP contribution is -2.08. The zero-order valence-electron chi connectivity index (χ0n) is 9.02. The van der Waals surface area contributed by atoms with E-state index < -0.39 is 5.97 Å². The highest BCUT2D eigenvalue weighted by Crippen LogP contribution is 2.25. The van der Waals surface area contributed by atoms with Crippen molar-refractivity contribution < 1.29 is 14.7 Å². The van der Waals surface area contributed by atoms with Crippen molar-refractivity contribution in [3.05, 3.63) is 35.5 Å². The van der Waals surface area contributed by atoms with Crippen molar-refractivity contribution in [2.45, 2.75) is 13.8 Å². The summed E-state index contributed by atoms with van der Waals surface area (Å²) in [7, 11) is 0. The molecule has 0 atom stereocenters. The molecular weight excluding hydrogens is 206 g/mol. The second-order valence-corrected chi connectivity index (χ2v) is 3.64. The van der Waals surface area contributed by atoms with Gasteiger partial charge < -0.3 is 5.11 Å². The number of para-hydroxylation sites is 1. The van der Waals surface area contributed by atoms with Gasteiger partial charge in [-0.15, -0.1) is 0 Å². The number of hydrogen-bond acceptors (Lipinski definition) is 2. The third kappa shape index (κ3) is 1.31. The number of hydrogen-bond donors (Lipinski definition) is 1. The van der Waals surface area contributed by atoms with E-state index in [4.69, 9.17) is 5.11 Å². The Hall–Kier alpha value is -2.10. The fourth-order valence-corrected chi connectivity index (χ4v) is 2.04. The molecule has 16 heavy (non-hydrogen) atoms. The molecule has 1 N–H and O–H groups in total. The van der Waals surface area contributed by atoms with Gasteiger partial charge in [-0.25, -0.2) is 4.79 Å². The van der Waals surface area contributed by atoms with Gasteiger partial charge in [0.05, 0.1) is 11.1 Å². The van der Waals surface area contributed by atoms with Crippen molar-refractivity contribution in [3.8, 4) is 0 Å². The molecular formula is C12H11NO3. The van der Waals surface area contributed by atoms with Gasteiger partial charge >= 0.3 is 5.97 Å². The molecule has 2 aromatic rings. The largest absolute Gasteiger partial charge is 0.478 e. The fourth-order valence-electron chi connectivity index (χ4n) is 2.04. The van der Waals surface area contributed by atoms with Gasteiger partial charge in [0.1, 0.15) is 0 Å². The van der Waals surface area contributed by atoms with E-state index in [2.05, 4.69) is 0 Å². The Morgan fingerprint density at radius 1 is 1.25 bits per heavy atom. The summed E-state index contributed by atoms with van der Waals surface area (Å²) in [6.45, 7) is 3.07. The Bertz CT molecular complexity index is 545. The molecule has 0 aliphatic rings. The lowest BCUT2D eigenvalue weighted by molar-refractivity contribution is 0.0698. The predicted octanol–water partition coefficient (Wildman–Crippen LogP) is 2.31. The molecule has 2 rings (SSSR count). The summed E-state index contributed by atoms with van der Waals surface area (Å²) in [5.41, 5.74) is 1.32. The fraction of sp³-hybridized carbons (Fsp3) is 0.167. The number of rotatable bonds is 1. The molecule has 0 aliphatic heterocycles. The second-order valence-electron chi connectivity index (χ2n) is 3.64. The molecule has 0 bridgehead atoms. The van der Waals surface area contributed by atoms with Crippen LogP contribution in [0.15, 0.2) is 24.3 Å². The molecule has 0 saturated carbocycles. The summed E-state index contributed by atoms with van der Waals surface area (Å²) in [4.78, 5) is 22.6. The number of carbonyl (C=O) groups is 2. The number of aromatic nitrogens is 1. The summed E-state index contributed by atoms with van der Waals surface area (Å²) < 4.78 is 1.43. The molecule has 1 heterocycles. The third-order valence-electron chi connectivity index (χ3n) is 2.64. The van der Waals surface area contributed by atoms with Crippen molar-refractivity contribution >= 4 is 22.8 Å². The van der Waals surface area contributed by atoms with Gasteiger partial charge in [0.25, 0.3) is 0 Å². The maximum atomic E-state index is 11.5. The van der Waals surface area contributed by atoms with E-state index in [-0.39, 0.29) is 11.5 Å². The van der Waals surface area contributed by atoms with E-state index in [0.717, 1.165) is 0 Å². The Morgan fingerprint density at radius 2 is 1.88 bits per heavy atom. The highest BCUT2D eigenvalue weighted by atomic mass is 16.4. The maximum absolute atomic E-state index is 11.5. The Kier molecular flexibility index (Phi) is 2.27. The van der Waals surface area contributed by atoms with E-state index in [1.165, 1.54) is 11.5 Å². The van der Waals surface area contributed by atoms with Gasteiger partial charge in [0.15, 0.2) is 0 Å². The standard InChI is InChI=1S/C12H11NO3/c1-7-11(12(15)16)9-5-3-4-6-10(9)13(7)8(2)14/h3-6H,1-2H3,(H,15,16). The van der Waals surface area contributed by atoms with Crippen molar-refractivity contribution in [2.75, 3.05) is 0 Å². The minimum absolute atomic E-state index is 0.179. The molecule has 0 spiro atoms. The van der Waals surface area contributed by atoms with Crippen LogP contribution in [0.25, 0.3) is 10.9 Å². The van der Waals surface area contributed by atoms with Crippen LogP contribution in [0.1, 0.15) is 27.8 Å². The van der Waals surface area contributed by atoms with Gasteiger partial charge in [-0.3, -0.25) is 9.36 Å². The van der Waals surface area contributed by atoms with Crippen molar-refractivity contribution in [2.24, 2.45) is 0 Å². The molecule has 1 aromatic heterocycles. The minimum atomic E-state index is -1.01. The van der Waals surface area contributed by atoms with Crippen LogP contribution in [0.4, 0.5) is 0 Å². The van der Waals surface area contributed by atoms with E-state index in [9.17, 15) is 9.59 Å². The van der Waals surface area contributed by atoms with Crippen LogP contribution >= 0.6 is 0 Å². The zero-order chi connectivity index (χ0) is 11.9. The van der Waals surface area contributed by atoms with E-state index >= 15 is 0 Å². The first-order valence-corrected chi connectivity index (χ1v) is 4.88. The third-order valence-corrected chi connectivity index (χ3v) is 2.64. The topological polar surface area (TPSA) is 59.3 Å². The van der Waals surface area contributed by atoms with Crippen molar-refractivity contribution in [3.63, 3.8) is 0 Å². The van der Waals surface area contributed by atoms with Gasteiger partial charge in [0, 0.05) is 18.0 Å². The average Bonchev–Trinajstić information content (AvgIpc) is 2.49. The van der Waals surface area contributed by atoms with Gasteiger partial charge in [-0.1, -0.05) is 18.2 Å². The van der Waals surface area contributed by atoms with Crippen LogP contribution < -0.4 is 0 Å². The van der Waals surface area contributed by atoms with E-state index in [0.29, 0.717) is 16.6 Å². The first-order chi connectivity index (χ1) is 7.54. The maximum Gasteiger partial charge on any atom is 0.338 e. The first kappa shape index (κ1) is 10.4. The van der Waals surface area contributed by atoms with E-state index in [1.54, 1.807) is 31.2 Å². The molecule has 0 aliphatic carbocycles. The Morgan fingerprint density at radius 3 is 2.44 bits per heavy atom. The summed E-state index contributed by atoms with van der Waals surface area (Å²) in [5.74, 6) is -1.19. The van der Waals surface area contributed by atoms with Crippen molar-refractivity contribution in [1.29, 1.82) is 0 Å². The normalized spacial score (nSPS) is 10.6. The lowest BCUT2D eigenvalue weighted by Gasteiger charge is -2.01. The smallest absolute Gasteiger partial charge is 0.338 e. The Labute approximate surface area is 92.1 Å². The number of aromatic carboxylic acids is 1. The summed E-state index contributed by atoms with van der Waals surface area (Å²) in [6, 6.07) is 7.01. The molecule has 4 nitrogen and oxygen atoms in total. The zero-order valence-corrected chi connectivity index (χ0v) is 9.02. The highest BCUT2D eigenvalue weighted by Gasteiger charge is 2.20. The molecule has 1 aromatic carbocycles. The summed E-state index contributed by atoms with van der Waals surface area (Å²) >= 11 is 0. The summed E-state index contributed by atoms with van der Waals surface area (Å²) in [6.07, 6.45) is 0. The Balaban J connectivity index is 2.97. The lowest BCUT2D eigenvalue weighted by atomic mass is 10.1. The number of carbonyl (C=O) groups excluding carboxylic acids is 1. The van der Waals surface area contributed by atoms with Gasteiger partial charge in [0.2, 0.25) is 5.91 Å². The van der Waals surface area contributed by atoms with Crippen LogP contribution in [-0.4, -0.2) is 21.6 Å². The first-order valence-electron chi connectivity index (χ1n) is 4.88.